The van der Waals surface area contributed by atoms with E-state index in [9.17, 15) is 8.42 Å². The minimum absolute atomic E-state index is 0.237. The van der Waals surface area contributed by atoms with Gasteiger partial charge in [0, 0.05) is 17.5 Å². The molecule has 1 heterocycles. The van der Waals surface area contributed by atoms with Gasteiger partial charge in [0.05, 0.1) is 11.0 Å². The van der Waals surface area contributed by atoms with Crippen molar-refractivity contribution in [3.8, 4) is 5.75 Å². The fourth-order valence-electron chi connectivity index (χ4n) is 2.09. The van der Waals surface area contributed by atoms with E-state index in [0.29, 0.717) is 4.90 Å². The molecule has 3 rings (SSSR count). The fraction of sp³-hybridized carbons (Fsp3) is 0.333. The summed E-state index contributed by atoms with van der Waals surface area (Å²) < 4.78 is 32.8. The lowest BCUT2D eigenvalue weighted by Crippen LogP contribution is -2.26. The van der Waals surface area contributed by atoms with Crippen LogP contribution in [0.25, 0.3) is 0 Å². The van der Waals surface area contributed by atoms with Gasteiger partial charge < -0.3 is 4.74 Å². The number of ether oxygens (including phenoxy) is 1. The Balaban J connectivity index is 1.70. The largest absolute Gasteiger partial charge is 0.490 e. The summed E-state index contributed by atoms with van der Waals surface area (Å²) in [5.74, 6) is 0.773. The van der Waals surface area contributed by atoms with Crippen LogP contribution < -0.4 is 9.46 Å². The molecule has 0 aliphatic heterocycles. The summed E-state index contributed by atoms with van der Waals surface area (Å²) in [6.07, 6.45) is 3.64. The Morgan fingerprint density at radius 2 is 2.05 bits per heavy atom. The van der Waals surface area contributed by atoms with Gasteiger partial charge in [-0.1, -0.05) is 18.2 Å². The Morgan fingerprint density at radius 1 is 1.24 bits per heavy atom. The summed E-state index contributed by atoms with van der Waals surface area (Å²) in [5.41, 5.74) is 0.864. The van der Waals surface area contributed by atoms with Gasteiger partial charge in [-0.25, -0.2) is 13.1 Å². The molecule has 2 aromatic rings. The van der Waals surface area contributed by atoms with Gasteiger partial charge in [-0.15, -0.1) is 0 Å². The molecule has 0 amide bonds. The number of thiophene rings is 1. The van der Waals surface area contributed by atoms with Crippen LogP contribution in [0.15, 0.2) is 46.0 Å². The van der Waals surface area contributed by atoms with E-state index in [1.165, 1.54) is 17.8 Å². The third kappa shape index (κ3) is 3.45. The van der Waals surface area contributed by atoms with E-state index in [-0.39, 0.29) is 12.6 Å². The molecule has 1 aromatic heterocycles. The van der Waals surface area contributed by atoms with E-state index < -0.39 is 10.0 Å². The highest BCUT2D eigenvalue weighted by Gasteiger charge is 2.21. The maximum atomic E-state index is 12.1. The van der Waals surface area contributed by atoms with Gasteiger partial charge in [-0.2, -0.15) is 11.3 Å². The van der Waals surface area contributed by atoms with E-state index in [1.807, 2.05) is 24.3 Å². The van der Waals surface area contributed by atoms with E-state index in [2.05, 4.69) is 4.72 Å². The van der Waals surface area contributed by atoms with Crippen LogP contribution >= 0.6 is 11.3 Å². The molecule has 112 valence electrons. The van der Waals surface area contributed by atoms with Crippen molar-refractivity contribution in [3.05, 3.63) is 46.7 Å². The Labute approximate surface area is 128 Å². The first-order valence-corrected chi connectivity index (χ1v) is 9.34. The molecule has 1 aromatic carbocycles. The zero-order valence-corrected chi connectivity index (χ0v) is 13.1. The highest BCUT2D eigenvalue weighted by molar-refractivity contribution is 7.89. The van der Waals surface area contributed by atoms with Gasteiger partial charge in [0.2, 0.25) is 10.0 Å². The van der Waals surface area contributed by atoms with Crippen LogP contribution in [0.4, 0.5) is 0 Å². The quantitative estimate of drug-likeness (QED) is 0.888. The molecule has 0 spiro atoms. The van der Waals surface area contributed by atoms with Gasteiger partial charge in [0.25, 0.3) is 0 Å². The molecule has 0 bridgehead atoms. The molecule has 0 atom stereocenters. The summed E-state index contributed by atoms with van der Waals surface area (Å²) in [4.78, 5) is 0.310. The third-order valence-electron chi connectivity index (χ3n) is 3.58. The Bertz CT molecular complexity index is 691. The highest BCUT2D eigenvalue weighted by atomic mass is 32.2. The van der Waals surface area contributed by atoms with E-state index >= 15 is 0 Å². The number of sulfonamides is 1. The van der Waals surface area contributed by atoms with E-state index in [4.69, 9.17) is 4.74 Å². The molecule has 1 aliphatic carbocycles. The molecule has 6 heteroatoms. The highest BCUT2D eigenvalue weighted by Crippen LogP contribution is 2.27. The standard InChI is InChI=1S/C15H17NO3S2/c17-21(18,14-8-9-20-11-14)16-10-12-4-1-2-7-15(12)19-13-5-3-6-13/h1-2,4,7-9,11,13,16H,3,5-6,10H2. The second-order valence-electron chi connectivity index (χ2n) is 5.06. The molecular weight excluding hydrogens is 306 g/mol. The van der Waals surface area contributed by atoms with Gasteiger partial charge >= 0.3 is 0 Å². The number of nitrogens with one attached hydrogen (secondary N) is 1. The Hall–Kier alpha value is -1.37. The van der Waals surface area contributed by atoms with Gasteiger partial charge in [0.15, 0.2) is 0 Å². The lowest BCUT2D eigenvalue weighted by Gasteiger charge is -2.27. The molecule has 1 aliphatic rings. The Kier molecular flexibility index (Phi) is 4.28. The summed E-state index contributed by atoms with van der Waals surface area (Å²) in [5, 5.41) is 3.38. The van der Waals surface area contributed by atoms with Crippen LogP contribution in [0.3, 0.4) is 0 Å². The van der Waals surface area contributed by atoms with Crippen molar-refractivity contribution in [3.63, 3.8) is 0 Å². The molecule has 0 radical (unpaired) electrons. The molecule has 0 unspecified atom stereocenters. The van der Waals surface area contributed by atoms with Crippen LogP contribution in [0.2, 0.25) is 0 Å². The van der Waals surface area contributed by atoms with Crippen molar-refractivity contribution >= 4 is 21.4 Å². The number of para-hydroxylation sites is 1. The summed E-state index contributed by atoms with van der Waals surface area (Å²) in [6.45, 7) is 0.237. The minimum atomic E-state index is -3.45. The molecule has 1 fully saturated rings. The summed E-state index contributed by atoms with van der Waals surface area (Å²) >= 11 is 1.37. The van der Waals surface area contributed by atoms with Crippen LogP contribution in [-0.2, 0) is 16.6 Å². The molecule has 1 saturated carbocycles. The van der Waals surface area contributed by atoms with Crippen LogP contribution in [0, 0.1) is 0 Å². The number of benzene rings is 1. The second-order valence-corrected chi connectivity index (χ2v) is 7.61. The minimum Gasteiger partial charge on any atom is -0.490 e. The number of hydrogen-bond acceptors (Lipinski definition) is 4. The maximum Gasteiger partial charge on any atom is 0.241 e. The smallest absolute Gasteiger partial charge is 0.241 e. The average molecular weight is 323 g/mol. The topological polar surface area (TPSA) is 55.4 Å². The maximum absolute atomic E-state index is 12.1. The van der Waals surface area contributed by atoms with Gasteiger partial charge in [0.1, 0.15) is 5.75 Å². The SMILES string of the molecule is O=S(=O)(NCc1ccccc1OC1CCC1)c1ccsc1. The first-order chi connectivity index (χ1) is 10.1. The molecule has 21 heavy (non-hydrogen) atoms. The third-order valence-corrected chi connectivity index (χ3v) is 5.81. The fourth-order valence-corrected chi connectivity index (χ4v) is 4.13. The number of rotatable bonds is 6. The average Bonchev–Trinajstić information content (AvgIpc) is 2.96. The van der Waals surface area contributed by atoms with Crippen molar-refractivity contribution < 1.29 is 13.2 Å². The lowest BCUT2D eigenvalue weighted by atomic mass is 9.96. The zero-order valence-electron chi connectivity index (χ0n) is 11.5. The van der Waals surface area contributed by atoms with Crippen molar-refractivity contribution in [2.24, 2.45) is 0 Å². The molecule has 1 N–H and O–H groups in total. The summed E-state index contributed by atoms with van der Waals surface area (Å²) in [6, 6.07) is 9.19. The van der Waals surface area contributed by atoms with Gasteiger partial charge in [-0.05, 0) is 36.8 Å². The lowest BCUT2D eigenvalue weighted by molar-refractivity contribution is 0.119. The zero-order chi connectivity index (χ0) is 14.7. The first kappa shape index (κ1) is 14.6. The Morgan fingerprint density at radius 3 is 2.71 bits per heavy atom. The van der Waals surface area contributed by atoms with E-state index in [1.54, 1.807) is 16.8 Å². The van der Waals surface area contributed by atoms with Crippen LogP contribution in [-0.4, -0.2) is 14.5 Å². The van der Waals surface area contributed by atoms with Crippen molar-refractivity contribution in [2.75, 3.05) is 0 Å². The van der Waals surface area contributed by atoms with Crippen molar-refractivity contribution in [1.29, 1.82) is 0 Å². The van der Waals surface area contributed by atoms with E-state index in [0.717, 1.165) is 24.2 Å². The second kappa shape index (κ2) is 6.17. The number of hydrogen-bond donors (Lipinski definition) is 1. The first-order valence-electron chi connectivity index (χ1n) is 6.91. The predicted octanol–water partition coefficient (Wildman–Crippen LogP) is 3.16. The predicted molar refractivity (Wildman–Crippen MR) is 83.1 cm³/mol. The van der Waals surface area contributed by atoms with Crippen molar-refractivity contribution in [1.82, 2.24) is 4.72 Å². The van der Waals surface area contributed by atoms with Crippen LogP contribution in [0.1, 0.15) is 24.8 Å². The summed E-state index contributed by atoms with van der Waals surface area (Å²) in [7, 11) is -3.45. The van der Waals surface area contributed by atoms with Crippen LogP contribution in [0.5, 0.6) is 5.75 Å². The molecule has 4 nitrogen and oxygen atoms in total. The van der Waals surface area contributed by atoms with Crippen molar-refractivity contribution in [2.45, 2.75) is 36.8 Å². The van der Waals surface area contributed by atoms with Gasteiger partial charge in [-0.3, -0.25) is 0 Å². The normalized spacial score (nSPS) is 15.6. The molecule has 0 saturated heterocycles. The monoisotopic (exact) mass is 323 g/mol. The molecular formula is C15H17NO3S2.